The molecule has 0 radical (unpaired) electrons. The molecule has 0 saturated carbocycles. The van der Waals surface area contributed by atoms with E-state index in [4.69, 9.17) is 11.1 Å². The summed E-state index contributed by atoms with van der Waals surface area (Å²) in [5.41, 5.74) is 9.34. The Morgan fingerprint density at radius 2 is 1.46 bits per heavy atom. The Hall–Kier alpha value is -3.80. The number of hydrogen-bond donors (Lipinski definition) is 5. The summed E-state index contributed by atoms with van der Waals surface area (Å²) < 4.78 is 0. The molecule has 3 aromatic carbocycles. The maximum absolute atomic E-state index is 12.4. The number of benzene rings is 3. The second kappa shape index (κ2) is 8.73. The smallest absolute Gasteiger partial charge is 0.323 e. The van der Waals surface area contributed by atoms with Crippen molar-refractivity contribution in [1.82, 2.24) is 0 Å². The molecule has 0 saturated heterocycles. The molecule has 0 aliphatic rings. The van der Waals surface area contributed by atoms with Gasteiger partial charge in [-0.15, -0.1) is 0 Å². The van der Waals surface area contributed by atoms with Crippen LogP contribution in [0.15, 0.2) is 78.9 Å². The summed E-state index contributed by atoms with van der Waals surface area (Å²) in [6.07, 6.45) is 0. The highest BCUT2D eigenvalue weighted by molar-refractivity contribution is 6.02. The van der Waals surface area contributed by atoms with Crippen LogP contribution < -0.4 is 21.7 Å². The van der Waals surface area contributed by atoms with Gasteiger partial charge in [-0.3, -0.25) is 5.41 Å². The van der Waals surface area contributed by atoms with Crippen LogP contribution in [0.1, 0.15) is 24.1 Å². The molecule has 0 aliphatic carbocycles. The second-order valence-electron chi connectivity index (χ2n) is 6.39. The van der Waals surface area contributed by atoms with Crippen LogP contribution in [0.4, 0.5) is 21.9 Å². The molecule has 0 fully saturated rings. The van der Waals surface area contributed by atoms with E-state index in [2.05, 4.69) is 35.0 Å². The van der Waals surface area contributed by atoms with Crippen LogP contribution in [0.2, 0.25) is 0 Å². The number of rotatable bonds is 6. The fraction of sp³-hybridized carbons (Fsp3) is 0.0909. The number of carbonyl (C=O) groups excluding carboxylic acids is 1. The molecule has 6 N–H and O–H groups in total. The molecule has 1 unspecified atom stereocenters. The third-order valence-electron chi connectivity index (χ3n) is 4.30. The lowest BCUT2D eigenvalue weighted by atomic mass is 10.1. The highest BCUT2D eigenvalue weighted by Crippen LogP contribution is 2.26. The van der Waals surface area contributed by atoms with Crippen LogP contribution in [0.3, 0.4) is 0 Å². The number of nitrogens with one attached hydrogen (secondary N) is 4. The third kappa shape index (κ3) is 4.88. The van der Waals surface area contributed by atoms with Gasteiger partial charge < -0.3 is 21.7 Å². The van der Waals surface area contributed by atoms with Gasteiger partial charge in [-0.1, -0.05) is 42.5 Å². The van der Waals surface area contributed by atoms with E-state index in [9.17, 15) is 4.79 Å². The van der Waals surface area contributed by atoms with Crippen LogP contribution in [0.25, 0.3) is 0 Å². The van der Waals surface area contributed by atoms with Crippen molar-refractivity contribution in [3.63, 3.8) is 0 Å². The molecule has 3 aromatic rings. The summed E-state index contributed by atoms with van der Waals surface area (Å²) >= 11 is 0. The van der Waals surface area contributed by atoms with E-state index in [1.807, 2.05) is 42.5 Å². The average molecular weight is 373 g/mol. The van der Waals surface area contributed by atoms with E-state index >= 15 is 0 Å². The quantitative estimate of drug-likeness (QED) is 0.317. The summed E-state index contributed by atoms with van der Waals surface area (Å²) in [4.78, 5) is 12.4. The molecule has 0 heterocycles. The first-order chi connectivity index (χ1) is 13.5. The van der Waals surface area contributed by atoms with Gasteiger partial charge in [-0.25, -0.2) is 4.79 Å². The third-order valence-corrected chi connectivity index (χ3v) is 4.30. The van der Waals surface area contributed by atoms with Gasteiger partial charge in [0.05, 0.1) is 11.4 Å². The summed E-state index contributed by atoms with van der Waals surface area (Å²) in [6, 6.07) is 24.2. The van der Waals surface area contributed by atoms with Crippen LogP contribution in [-0.4, -0.2) is 11.9 Å². The van der Waals surface area contributed by atoms with E-state index in [0.717, 1.165) is 11.3 Å². The van der Waals surface area contributed by atoms with Crippen LogP contribution >= 0.6 is 0 Å². The Balaban J connectivity index is 1.67. The molecule has 142 valence electrons. The monoisotopic (exact) mass is 373 g/mol. The molecule has 6 nitrogen and oxygen atoms in total. The molecule has 1 atom stereocenters. The van der Waals surface area contributed by atoms with E-state index in [-0.39, 0.29) is 17.9 Å². The molecule has 2 amide bonds. The summed E-state index contributed by atoms with van der Waals surface area (Å²) in [5.74, 6) is -0.0106. The van der Waals surface area contributed by atoms with Gasteiger partial charge >= 0.3 is 6.03 Å². The fourth-order valence-electron chi connectivity index (χ4n) is 2.79. The lowest BCUT2D eigenvalue weighted by Gasteiger charge is -2.19. The Morgan fingerprint density at radius 1 is 0.857 bits per heavy atom. The number of carbonyl (C=O) groups is 1. The molecule has 3 rings (SSSR count). The lowest BCUT2D eigenvalue weighted by molar-refractivity contribution is 0.262. The second-order valence-corrected chi connectivity index (χ2v) is 6.39. The minimum absolute atomic E-state index is 0.0106. The van der Waals surface area contributed by atoms with Gasteiger partial charge in [0.15, 0.2) is 0 Å². The molecule has 28 heavy (non-hydrogen) atoms. The summed E-state index contributed by atoms with van der Waals surface area (Å²) in [5, 5.41) is 16.5. The zero-order chi connectivity index (χ0) is 19.9. The maximum atomic E-state index is 12.4. The van der Waals surface area contributed by atoms with Crippen molar-refractivity contribution >= 4 is 28.9 Å². The average Bonchev–Trinajstić information content (AvgIpc) is 2.70. The number of nitrogen functional groups attached to an aromatic ring is 1. The summed E-state index contributed by atoms with van der Waals surface area (Å²) in [7, 11) is 0. The summed E-state index contributed by atoms with van der Waals surface area (Å²) in [6.45, 7) is 2.07. The molecule has 0 aromatic heterocycles. The predicted molar refractivity (Wildman–Crippen MR) is 115 cm³/mol. The largest absolute Gasteiger partial charge is 0.384 e. The van der Waals surface area contributed by atoms with Crippen molar-refractivity contribution in [2.24, 2.45) is 5.73 Å². The first kappa shape index (κ1) is 19.0. The van der Waals surface area contributed by atoms with Crippen molar-refractivity contribution in [3.05, 3.63) is 90.0 Å². The van der Waals surface area contributed by atoms with Gasteiger partial charge in [0, 0.05) is 17.3 Å². The molecule has 6 heteroatoms. The number of anilines is 3. The zero-order valence-corrected chi connectivity index (χ0v) is 15.6. The molecular formula is C22H23N5O. The van der Waals surface area contributed by atoms with Gasteiger partial charge in [0.25, 0.3) is 0 Å². The number of nitrogens with two attached hydrogens (primary N) is 1. The molecular weight excluding hydrogens is 350 g/mol. The highest BCUT2D eigenvalue weighted by Gasteiger charge is 2.10. The van der Waals surface area contributed by atoms with Crippen LogP contribution in [-0.2, 0) is 0 Å². The van der Waals surface area contributed by atoms with E-state index in [1.54, 1.807) is 24.3 Å². The standard InChI is InChI=1S/C22H23N5O/c1-15(16-7-3-2-4-8-16)25-19-9-5-6-10-20(19)27-22(28)26-18-13-11-17(12-14-18)21(23)24/h2-15,25H,1H3,(H3,23,24)(H2,26,27,28). The normalized spacial score (nSPS) is 11.3. The van der Waals surface area contributed by atoms with E-state index in [1.165, 1.54) is 0 Å². The van der Waals surface area contributed by atoms with Crippen LogP contribution in [0, 0.1) is 5.41 Å². The minimum atomic E-state index is -0.350. The number of amidine groups is 1. The zero-order valence-electron chi connectivity index (χ0n) is 15.6. The number of urea groups is 1. The number of hydrogen-bond acceptors (Lipinski definition) is 3. The Labute approximate surface area is 164 Å². The first-order valence-corrected chi connectivity index (χ1v) is 8.96. The van der Waals surface area contributed by atoms with Crippen molar-refractivity contribution in [3.8, 4) is 0 Å². The van der Waals surface area contributed by atoms with Crippen molar-refractivity contribution in [1.29, 1.82) is 5.41 Å². The Morgan fingerprint density at radius 3 is 2.11 bits per heavy atom. The van der Waals surface area contributed by atoms with Gasteiger partial charge in [0.2, 0.25) is 0 Å². The number of para-hydroxylation sites is 2. The van der Waals surface area contributed by atoms with E-state index in [0.29, 0.717) is 16.9 Å². The van der Waals surface area contributed by atoms with E-state index < -0.39 is 0 Å². The highest BCUT2D eigenvalue weighted by atomic mass is 16.2. The Bertz CT molecular complexity index is 954. The lowest BCUT2D eigenvalue weighted by Crippen LogP contribution is -2.20. The molecule has 0 spiro atoms. The fourth-order valence-corrected chi connectivity index (χ4v) is 2.79. The van der Waals surface area contributed by atoms with Crippen molar-refractivity contribution in [2.75, 3.05) is 16.0 Å². The molecule has 0 aliphatic heterocycles. The van der Waals surface area contributed by atoms with Gasteiger partial charge in [0.1, 0.15) is 5.84 Å². The van der Waals surface area contributed by atoms with Gasteiger partial charge in [-0.05, 0) is 48.9 Å². The van der Waals surface area contributed by atoms with Crippen LogP contribution in [0.5, 0.6) is 0 Å². The maximum Gasteiger partial charge on any atom is 0.323 e. The topological polar surface area (TPSA) is 103 Å². The van der Waals surface area contributed by atoms with Crippen molar-refractivity contribution < 1.29 is 4.79 Å². The Kier molecular flexibility index (Phi) is 5.91. The first-order valence-electron chi connectivity index (χ1n) is 8.96. The SMILES string of the molecule is CC(Nc1ccccc1NC(=O)Nc1ccc(C(=N)N)cc1)c1ccccc1. The van der Waals surface area contributed by atoms with Crippen molar-refractivity contribution in [2.45, 2.75) is 13.0 Å². The predicted octanol–water partition coefficient (Wildman–Crippen LogP) is 4.79. The molecule has 0 bridgehead atoms. The van der Waals surface area contributed by atoms with Gasteiger partial charge in [-0.2, -0.15) is 0 Å². The number of amides is 2. The minimum Gasteiger partial charge on any atom is -0.384 e.